The highest BCUT2D eigenvalue weighted by molar-refractivity contribution is 6.84. The molecule has 5 heteroatoms. The van der Waals surface area contributed by atoms with Crippen LogP contribution in [0.25, 0.3) is 88.4 Å². The van der Waals surface area contributed by atoms with Crippen LogP contribution in [0.4, 0.5) is 0 Å². The minimum atomic E-state index is -0.289. The Morgan fingerprint density at radius 1 is 0.339 bits per heavy atom. The summed E-state index contributed by atoms with van der Waals surface area (Å²) in [5.74, 6) is 2.52. The van der Waals surface area contributed by atoms with Crippen LogP contribution in [-0.2, 0) is 0 Å². The minimum absolute atomic E-state index is 0.289. The maximum Gasteiger partial charge on any atom is 0.434 e. The molecule has 0 saturated carbocycles. The fourth-order valence-corrected chi connectivity index (χ4v) is 9.73. The molecule has 2 aromatic heterocycles. The standard InChI is InChI=1S/C54H33BN2O2/c1-6-19-47-40(14-1)41-15-2-7-20-48(41)56(47)38-27-24-34(25-28-38)37-31-45-44-18-5-10-23-51(44)59-55-46-29-26-36(32-52(46)58-53(33-37)54(45)55)35-12-11-13-39(30-35)57-49-21-8-3-16-42(49)43-17-4-9-22-50(43)57/h1-33H. The van der Waals surface area contributed by atoms with Crippen molar-refractivity contribution in [2.45, 2.75) is 0 Å². The van der Waals surface area contributed by atoms with Crippen molar-refractivity contribution in [1.82, 2.24) is 9.13 Å². The van der Waals surface area contributed by atoms with E-state index in [1.54, 1.807) is 0 Å². The molecule has 0 radical (unpaired) electrons. The predicted octanol–water partition coefficient (Wildman–Crippen LogP) is 12.5. The molecule has 0 atom stereocenters. The molecule has 11 aromatic rings. The average Bonchev–Trinajstić information content (AvgIpc) is 3.82. The third-order valence-corrected chi connectivity index (χ3v) is 12.4. The number of para-hydroxylation sites is 5. The molecule has 4 nitrogen and oxygen atoms in total. The van der Waals surface area contributed by atoms with Crippen molar-refractivity contribution in [3.8, 4) is 62.0 Å². The Hall–Kier alpha value is -7.76. The first-order valence-corrected chi connectivity index (χ1v) is 20.2. The topological polar surface area (TPSA) is 28.3 Å². The van der Waals surface area contributed by atoms with E-state index in [0.29, 0.717) is 0 Å². The molecule has 0 amide bonds. The van der Waals surface area contributed by atoms with E-state index in [-0.39, 0.29) is 6.92 Å². The highest BCUT2D eigenvalue weighted by Gasteiger charge is 2.41. The zero-order valence-electron chi connectivity index (χ0n) is 31.8. The van der Waals surface area contributed by atoms with Gasteiger partial charge in [0.15, 0.2) is 0 Å². The number of hydrogen-bond acceptors (Lipinski definition) is 2. The Balaban J connectivity index is 0.912. The zero-order chi connectivity index (χ0) is 38.6. The second-order valence-corrected chi connectivity index (χ2v) is 15.6. The Labute approximate surface area is 340 Å². The number of fused-ring (bicyclic) bond motifs is 10. The summed E-state index contributed by atoms with van der Waals surface area (Å²) in [7, 11) is 0. The smallest absolute Gasteiger partial charge is 0.434 e. The summed E-state index contributed by atoms with van der Waals surface area (Å²) in [6.07, 6.45) is 0. The molecule has 0 fully saturated rings. The number of benzene rings is 9. The lowest BCUT2D eigenvalue weighted by Crippen LogP contribution is -2.53. The third-order valence-electron chi connectivity index (χ3n) is 12.4. The molecule has 2 aliphatic heterocycles. The number of ether oxygens (including phenoxy) is 1. The molecule has 59 heavy (non-hydrogen) atoms. The van der Waals surface area contributed by atoms with E-state index in [2.05, 4.69) is 209 Å². The van der Waals surface area contributed by atoms with Gasteiger partial charge in [0.2, 0.25) is 0 Å². The average molecular weight is 753 g/mol. The van der Waals surface area contributed by atoms with Crippen molar-refractivity contribution in [2.24, 2.45) is 0 Å². The van der Waals surface area contributed by atoms with Gasteiger partial charge in [-0.1, -0.05) is 127 Å². The summed E-state index contributed by atoms with van der Waals surface area (Å²) in [6.45, 7) is -0.289. The van der Waals surface area contributed by atoms with Crippen LogP contribution in [0.5, 0.6) is 17.2 Å². The van der Waals surface area contributed by atoms with Gasteiger partial charge >= 0.3 is 6.92 Å². The summed E-state index contributed by atoms with van der Waals surface area (Å²) in [6, 6.07) is 71.8. The van der Waals surface area contributed by atoms with Crippen LogP contribution in [0, 0.1) is 0 Å². The monoisotopic (exact) mass is 752 g/mol. The summed E-state index contributed by atoms with van der Waals surface area (Å²) >= 11 is 0. The molecular formula is C54H33BN2O2. The summed E-state index contributed by atoms with van der Waals surface area (Å²) in [5.41, 5.74) is 15.8. The number of aromatic nitrogens is 2. The van der Waals surface area contributed by atoms with Crippen molar-refractivity contribution in [1.29, 1.82) is 0 Å². The lowest BCUT2D eigenvalue weighted by molar-refractivity contribution is 0.480. The Morgan fingerprint density at radius 2 is 0.881 bits per heavy atom. The van der Waals surface area contributed by atoms with Crippen LogP contribution in [0.3, 0.4) is 0 Å². The lowest BCUT2D eigenvalue weighted by Gasteiger charge is -2.33. The van der Waals surface area contributed by atoms with E-state index >= 15 is 0 Å². The molecule has 9 aromatic carbocycles. The molecule has 2 aliphatic rings. The van der Waals surface area contributed by atoms with Gasteiger partial charge in [-0.3, -0.25) is 0 Å². The summed E-state index contributed by atoms with van der Waals surface area (Å²) < 4.78 is 18.5. The SMILES string of the molecule is c1cc(-c2ccc3c(c2)Oc2cc(-c4ccc(-n5c6ccccc6c6ccccc65)cc4)cc4c2B3Oc2ccccc2-4)cc(-n2c3ccccc3c3ccccc32)c1. The highest BCUT2D eigenvalue weighted by Crippen LogP contribution is 2.43. The molecule has 274 valence electrons. The molecule has 0 N–H and O–H groups in total. The van der Waals surface area contributed by atoms with E-state index in [1.165, 1.54) is 43.6 Å². The van der Waals surface area contributed by atoms with Gasteiger partial charge in [0.1, 0.15) is 17.2 Å². The van der Waals surface area contributed by atoms with Crippen molar-refractivity contribution in [3.63, 3.8) is 0 Å². The van der Waals surface area contributed by atoms with E-state index in [9.17, 15) is 0 Å². The molecule has 0 aliphatic carbocycles. The van der Waals surface area contributed by atoms with E-state index in [0.717, 1.165) is 72.9 Å². The van der Waals surface area contributed by atoms with Crippen LogP contribution in [0.2, 0.25) is 0 Å². The second kappa shape index (κ2) is 12.4. The van der Waals surface area contributed by atoms with Crippen LogP contribution in [0.15, 0.2) is 200 Å². The molecular weight excluding hydrogens is 719 g/mol. The zero-order valence-corrected chi connectivity index (χ0v) is 31.8. The van der Waals surface area contributed by atoms with Gasteiger partial charge in [0.25, 0.3) is 0 Å². The number of hydrogen-bond donors (Lipinski definition) is 0. The van der Waals surface area contributed by atoms with Crippen molar-refractivity contribution in [3.05, 3.63) is 200 Å². The molecule has 13 rings (SSSR count). The lowest BCUT2D eigenvalue weighted by atomic mass is 9.50. The normalized spacial score (nSPS) is 12.6. The fraction of sp³-hybridized carbons (Fsp3) is 0. The van der Waals surface area contributed by atoms with Crippen molar-refractivity contribution >= 4 is 61.5 Å². The summed E-state index contributed by atoms with van der Waals surface area (Å²) in [4.78, 5) is 0. The quantitative estimate of drug-likeness (QED) is 0.168. The fourth-order valence-electron chi connectivity index (χ4n) is 9.73. The molecule has 0 unspecified atom stereocenters. The first kappa shape index (κ1) is 32.3. The number of rotatable bonds is 4. The van der Waals surface area contributed by atoms with E-state index in [4.69, 9.17) is 9.39 Å². The van der Waals surface area contributed by atoms with Crippen LogP contribution in [0.1, 0.15) is 0 Å². The van der Waals surface area contributed by atoms with Gasteiger partial charge in [-0.15, -0.1) is 0 Å². The summed E-state index contributed by atoms with van der Waals surface area (Å²) in [5, 5.41) is 5.02. The Morgan fingerprint density at radius 3 is 1.54 bits per heavy atom. The first-order chi connectivity index (χ1) is 29.2. The molecule has 0 bridgehead atoms. The minimum Gasteiger partial charge on any atom is -0.551 e. The van der Waals surface area contributed by atoms with Crippen LogP contribution < -0.4 is 20.3 Å². The molecule has 0 spiro atoms. The van der Waals surface area contributed by atoms with Gasteiger partial charge in [-0.2, -0.15) is 0 Å². The van der Waals surface area contributed by atoms with Gasteiger partial charge < -0.3 is 18.5 Å². The van der Waals surface area contributed by atoms with Gasteiger partial charge in [0.05, 0.1) is 22.1 Å². The van der Waals surface area contributed by atoms with Crippen molar-refractivity contribution < 1.29 is 9.39 Å². The van der Waals surface area contributed by atoms with Crippen molar-refractivity contribution in [2.75, 3.05) is 0 Å². The Bertz CT molecular complexity index is 3420. The maximum atomic E-state index is 6.97. The van der Waals surface area contributed by atoms with Crippen LogP contribution in [-0.4, -0.2) is 16.0 Å². The van der Waals surface area contributed by atoms with Gasteiger partial charge in [-0.25, -0.2) is 0 Å². The highest BCUT2D eigenvalue weighted by atomic mass is 16.5. The second-order valence-electron chi connectivity index (χ2n) is 15.6. The predicted molar refractivity (Wildman–Crippen MR) is 244 cm³/mol. The van der Waals surface area contributed by atoms with E-state index in [1.807, 2.05) is 0 Å². The van der Waals surface area contributed by atoms with E-state index < -0.39 is 0 Å². The molecule has 0 saturated heterocycles. The Kier molecular flexibility index (Phi) is 6.78. The molecule has 4 heterocycles. The third kappa shape index (κ3) is 4.79. The first-order valence-electron chi connectivity index (χ1n) is 20.2. The largest absolute Gasteiger partial charge is 0.551 e. The maximum absolute atomic E-state index is 6.97. The van der Waals surface area contributed by atoms with Gasteiger partial charge in [-0.05, 0) is 101 Å². The number of nitrogens with zero attached hydrogens (tertiary/aromatic N) is 2. The van der Waals surface area contributed by atoms with Gasteiger partial charge in [0, 0.05) is 49.4 Å². The van der Waals surface area contributed by atoms with Crippen LogP contribution >= 0.6 is 0 Å².